The first kappa shape index (κ1) is 6.87. The molecule has 0 N–H and O–H groups in total. The van der Waals surface area contributed by atoms with E-state index in [4.69, 9.17) is 4.74 Å². The van der Waals surface area contributed by atoms with Crippen LogP contribution < -0.4 is 0 Å². The van der Waals surface area contributed by atoms with E-state index < -0.39 is 0 Å². The molecule has 0 amide bonds. The van der Waals surface area contributed by atoms with Gasteiger partial charge in [-0.05, 0) is 0 Å². The Hall–Kier alpha value is -1.24. The zero-order valence-electron chi connectivity index (χ0n) is 6.00. The fourth-order valence-electron chi connectivity index (χ4n) is 0.742. The molecule has 1 heteroatoms. The van der Waals surface area contributed by atoms with Gasteiger partial charge in [0.25, 0.3) is 0 Å². The minimum Gasteiger partial charge on any atom is -0.497 e. The van der Waals surface area contributed by atoms with E-state index in [1.54, 1.807) is 7.11 Å². The fraction of sp³-hybridized carbons (Fsp3) is 0.111. The van der Waals surface area contributed by atoms with E-state index in [9.17, 15) is 0 Å². The van der Waals surface area contributed by atoms with Gasteiger partial charge >= 0.3 is 0 Å². The van der Waals surface area contributed by atoms with Crippen molar-refractivity contribution >= 4 is 5.76 Å². The first-order valence-corrected chi connectivity index (χ1v) is 3.13. The number of hydrogen-bond donors (Lipinski definition) is 0. The van der Waals surface area contributed by atoms with Crippen molar-refractivity contribution < 1.29 is 4.74 Å². The molecule has 0 spiro atoms. The molecule has 52 valence electrons. The summed E-state index contributed by atoms with van der Waals surface area (Å²) in [5, 5.41) is 0. The summed E-state index contributed by atoms with van der Waals surface area (Å²) in [6, 6.07) is 9.81. The van der Waals surface area contributed by atoms with E-state index in [0.717, 1.165) is 5.56 Å². The van der Waals surface area contributed by atoms with Crippen LogP contribution in [-0.4, -0.2) is 7.11 Å². The predicted octanol–water partition coefficient (Wildman–Crippen LogP) is 2.30. The normalized spacial score (nSPS) is 8.90. The molecule has 0 bridgehead atoms. The van der Waals surface area contributed by atoms with E-state index in [-0.39, 0.29) is 0 Å². The van der Waals surface area contributed by atoms with Gasteiger partial charge in [-0.15, -0.1) is 0 Å². The average Bonchev–Trinajstić information content (AvgIpc) is 2.05. The summed E-state index contributed by atoms with van der Waals surface area (Å²) in [5.74, 6) is 0.709. The van der Waals surface area contributed by atoms with Gasteiger partial charge in [0, 0.05) is 5.56 Å². The quantitative estimate of drug-likeness (QED) is 0.564. The highest BCUT2D eigenvalue weighted by Crippen LogP contribution is 2.10. The second-order valence-electron chi connectivity index (χ2n) is 1.99. The van der Waals surface area contributed by atoms with Gasteiger partial charge in [0.1, 0.15) is 5.76 Å². The molecule has 0 atom stereocenters. The number of benzene rings is 1. The van der Waals surface area contributed by atoms with Crippen molar-refractivity contribution in [1.29, 1.82) is 0 Å². The van der Waals surface area contributed by atoms with Crippen molar-refractivity contribution in [3.05, 3.63) is 42.5 Å². The maximum Gasteiger partial charge on any atom is 0.118 e. The van der Waals surface area contributed by atoms with Gasteiger partial charge in [0.2, 0.25) is 0 Å². The molecular formula is C9H10O. The number of rotatable bonds is 2. The molecule has 0 aromatic heterocycles. The van der Waals surface area contributed by atoms with Gasteiger partial charge in [-0.2, -0.15) is 0 Å². The van der Waals surface area contributed by atoms with Crippen molar-refractivity contribution in [1.82, 2.24) is 0 Å². The largest absolute Gasteiger partial charge is 0.497 e. The van der Waals surface area contributed by atoms with E-state index in [2.05, 4.69) is 6.58 Å². The summed E-state index contributed by atoms with van der Waals surface area (Å²) >= 11 is 0. The molecule has 1 rings (SSSR count). The van der Waals surface area contributed by atoms with Crippen molar-refractivity contribution in [2.24, 2.45) is 0 Å². The number of methoxy groups -OCH3 is 1. The zero-order valence-corrected chi connectivity index (χ0v) is 6.00. The molecule has 0 saturated heterocycles. The van der Waals surface area contributed by atoms with E-state index in [0.29, 0.717) is 5.76 Å². The van der Waals surface area contributed by atoms with Gasteiger partial charge in [0.05, 0.1) is 7.11 Å². The summed E-state index contributed by atoms with van der Waals surface area (Å²) < 4.78 is 4.94. The first-order valence-electron chi connectivity index (χ1n) is 3.13. The van der Waals surface area contributed by atoms with Crippen LogP contribution in [0.1, 0.15) is 5.56 Å². The molecule has 1 nitrogen and oxygen atoms in total. The van der Waals surface area contributed by atoms with Crippen LogP contribution >= 0.6 is 0 Å². The lowest BCUT2D eigenvalue weighted by Gasteiger charge is -2.01. The van der Waals surface area contributed by atoms with Crippen molar-refractivity contribution in [2.45, 2.75) is 0 Å². The number of hydrogen-bond acceptors (Lipinski definition) is 1. The molecule has 1 aromatic carbocycles. The molecular weight excluding hydrogens is 124 g/mol. The van der Waals surface area contributed by atoms with Gasteiger partial charge in [-0.3, -0.25) is 0 Å². The third-order valence-electron chi connectivity index (χ3n) is 1.34. The number of ether oxygens (including phenoxy) is 1. The van der Waals surface area contributed by atoms with Gasteiger partial charge in [-0.1, -0.05) is 36.9 Å². The highest BCUT2D eigenvalue weighted by atomic mass is 16.5. The fourth-order valence-corrected chi connectivity index (χ4v) is 0.742. The average molecular weight is 134 g/mol. The van der Waals surface area contributed by atoms with Crippen LogP contribution in [0.3, 0.4) is 0 Å². The maximum absolute atomic E-state index is 4.94. The highest BCUT2D eigenvalue weighted by Gasteiger charge is 1.92. The van der Waals surface area contributed by atoms with Crippen molar-refractivity contribution in [3.8, 4) is 0 Å². The Balaban J connectivity index is 2.85. The van der Waals surface area contributed by atoms with E-state index in [1.165, 1.54) is 0 Å². The molecule has 0 unspecified atom stereocenters. The van der Waals surface area contributed by atoms with Gasteiger partial charge < -0.3 is 4.74 Å². The van der Waals surface area contributed by atoms with Crippen LogP contribution in [0.25, 0.3) is 5.76 Å². The third kappa shape index (κ3) is 1.38. The smallest absolute Gasteiger partial charge is 0.118 e. The molecule has 1 aromatic rings. The molecule has 0 heterocycles. The zero-order chi connectivity index (χ0) is 7.40. The molecule has 0 aliphatic heterocycles. The van der Waals surface area contributed by atoms with Crippen LogP contribution in [0.15, 0.2) is 36.9 Å². The maximum atomic E-state index is 4.94. The Morgan fingerprint density at radius 2 is 1.90 bits per heavy atom. The molecule has 0 saturated carbocycles. The summed E-state index contributed by atoms with van der Waals surface area (Å²) in [7, 11) is 1.62. The third-order valence-corrected chi connectivity index (χ3v) is 1.34. The lowest BCUT2D eigenvalue weighted by molar-refractivity contribution is 0.371. The second kappa shape index (κ2) is 3.06. The Morgan fingerprint density at radius 1 is 1.30 bits per heavy atom. The van der Waals surface area contributed by atoms with E-state index in [1.807, 2.05) is 30.3 Å². The second-order valence-corrected chi connectivity index (χ2v) is 1.99. The van der Waals surface area contributed by atoms with Crippen LogP contribution in [-0.2, 0) is 4.74 Å². The van der Waals surface area contributed by atoms with E-state index >= 15 is 0 Å². The molecule has 0 aliphatic carbocycles. The van der Waals surface area contributed by atoms with Crippen LogP contribution in [0.5, 0.6) is 0 Å². The summed E-state index contributed by atoms with van der Waals surface area (Å²) in [4.78, 5) is 0. The highest BCUT2D eigenvalue weighted by molar-refractivity contribution is 5.56. The minimum atomic E-state index is 0.709. The Kier molecular flexibility index (Phi) is 2.11. The standard InChI is InChI=1S/C9H10O/c1-8(10-2)9-6-4-3-5-7-9/h3-7H,1H2,2H3. The lowest BCUT2D eigenvalue weighted by atomic mass is 10.2. The van der Waals surface area contributed by atoms with Gasteiger partial charge in [-0.25, -0.2) is 0 Å². The monoisotopic (exact) mass is 134 g/mol. The SMILES string of the molecule is C=C(OC)c1ccccc1. The van der Waals surface area contributed by atoms with Crippen molar-refractivity contribution in [2.75, 3.05) is 7.11 Å². The molecule has 0 fully saturated rings. The first-order chi connectivity index (χ1) is 4.84. The summed E-state index contributed by atoms with van der Waals surface area (Å²) in [6.07, 6.45) is 0. The van der Waals surface area contributed by atoms with Crippen LogP contribution in [0, 0.1) is 0 Å². The summed E-state index contributed by atoms with van der Waals surface area (Å²) in [5.41, 5.74) is 1.03. The summed E-state index contributed by atoms with van der Waals surface area (Å²) in [6.45, 7) is 3.72. The van der Waals surface area contributed by atoms with Crippen molar-refractivity contribution in [3.63, 3.8) is 0 Å². The Labute approximate surface area is 61.0 Å². The van der Waals surface area contributed by atoms with Gasteiger partial charge in [0.15, 0.2) is 0 Å². The predicted molar refractivity (Wildman–Crippen MR) is 42.5 cm³/mol. The Bertz CT molecular complexity index is 213. The molecule has 0 radical (unpaired) electrons. The Morgan fingerprint density at radius 3 is 2.40 bits per heavy atom. The van der Waals surface area contributed by atoms with Crippen LogP contribution in [0.2, 0.25) is 0 Å². The molecule has 0 aliphatic rings. The molecule has 10 heavy (non-hydrogen) atoms. The topological polar surface area (TPSA) is 9.23 Å². The minimum absolute atomic E-state index is 0.709. The van der Waals surface area contributed by atoms with Crippen LogP contribution in [0.4, 0.5) is 0 Å². The lowest BCUT2D eigenvalue weighted by Crippen LogP contribution is -1.82.